The highest BCUT2D eigenvalue weighted by Gasteiger charge is 1.97. The summed E-state index contributed by atoms with van der Waals surface area (Å²) in [5, 5.41) is 2.30. The van der Waals surface area contributed by atoms with Gasteiger partial charge < -0.3 is 0 Å². The van der Waals surface area contributed by atoms with Gasteiger partial charge in [0, 0.05) is 19.6 Å². The Hall–Kier alpha value is -0.0800. The van der Waals surface area contributed by atoms with Gasteiger partial charge in [0.15, 0.2) is 0 Å². The number of hydrazine groups is 1. The van der Waals surface area contributed by atoms with E-state index < -0.39 is 0 Å². The van der Waals surface area contributed by atoms with Crippen LogP contribution in [0, 0.1) is 0 Å². The van der Waals surface area contributed by atoms with Gasteiger partial charge in [-0.2, -0.15) is 0 Å². The van der Waals surface area contributed by atoms with Crippen LogP contribution in [0.1, 0.15) is 46.5 Å². The lowest BCUT2D eigenvalue weighted by atomic mass is 10.2. The maximum Gasteiger partial charge on any atom is 0.0130 e. The molecule has 0 rings (SSSR count). The van der Waals surface area contributed by atoms with Crippen molar-refractivity contribution in [3.8, 4) is 0 Å². The number of rotatable bonds is 8. The maximum atomic E-state index is 3.34. The fourth-order valence-corrected chi connectivity index (χ4v) is 1.30. The molecule has 1 N–H and O–H groups in total. The Kier molecular flexibility index (Phi) is 8.95. The minimum absolute atomic E-state index is 1.04. The fourth-order valence-electron chi connectivity index (χ4n) is 1.30. The van der Waals surface area contributed by atoms with Crippen LogP contribution in [-0.2, 0) is 0 Å². The zero-order chi connectivity index (χ0) is 9.23. The molecule has 0 heterocycles. The third kappa shape index (κ3) is 6.62. The largest absolute Gasteiger partial charge is 0.255 e. The normalized spacial score (nSPS) is 11.0. The molecule has 0 aliphatic carbocycles. The molecule has 2 heteroatoms. The number of nitrogens with zero attached hydrogens (tertiary/aromatic N) is 1. The third-order valence-electron chi connectivity index (χ3n) is 2.05. The number of nitrogens with one attached hydrogen (secondary N) is 1. The summed E-state index contributed by atoms with van der Waals surface area (Å²) in [6, 6.07) is 0. The first kappa shape index (κ1) is 11.9. The zero-order valence-corrected chi connectivity index (χ0v) is 8.90. The van der Waals surface area contributed by atoms with Gasteiger partial charge in [-0.1, -0.05) is 40.0 Å². The van der Waals surface area contributed by atoms with Crippen molar-refractivity contribution in [3.63, 3.8) is 0 Å². The summed E-state index contributed by atoms with van der Waals surface area (Å²) >= 11 is 0. The Labute approximate surface area is 77.3 Å². The molecule has 0 aliphatic heterocycles. The molecule has 0 bridgehead atoms. The first-order valence-corrected chi connectivity index (χ1v) is 5.33. The molecular weight excluding hydrogens is 148 g/mol. The number of hydrogen-bond acceptors (Lipinski definition) is 2. The number of unbranched alkanes of at least 4 members (excludes halogenated alkanes) is 3. The van der Waals surface area contributed by atoms with Crippen LogP contribution in [0.25, 0.3) is 0 Å². The van der Waals surface area contributed by atoms with Crippen molar-refractivity contribution >= 4 is 0 Å². The van der Waals surface area contributed by atoms with Crippen LogP contribution in [-0.4, -0.2) is 24.6 Å². The molecule has 0 radical (unpaired) electrons. The van der Waals surface area contributed by atoms with Crippen LogP contribution >= 0.6 is 0 Å². The van der Waals surface area contributed by atoms with Crippen molar-refractivity contribution in [2.24, 2.45) is 0 Å². The SMILES string of the molecule is CCCCCCN(CC)NCC. The van der Waals surface area contributed by atoms with E-state index in [1.165, 1.54) is 32.2 Å². The zero-order valence-electron chi connectivity index (χ0n) is 8.90. The third-order valence-corrected chi connectivity index (χ3v) is 2.05. The van der Waals surface area contributed by atoms with Gasteiger partial charge in [-0.15, -0.1) is 0 Å². The minimum Gasteiger partial charge on any atom is -0.255 e. The predicted molar refractivity (Wildman–Crippen MR) is 55.1 cm³/mol. The number of hydrogen-bond donors (Lipinski definition) is 1. The van der Waals surface area contributed by atoms with Crippen molar-refractivity contribution < 1.29 is 0 Å². The van der Waals surface area contributed by atoms with E-state index >= 15 is 0 Å². The van der Waals surface area contributed by atoms with Crippen molar-refractivity contribution in [3.05, 3.63) is 0 Å². The standard InChI is InChI=1S/C10H24N2/c1-4-7-8-9-10-12(6-3)11-5-2/h11H,4-10H2,1-3H3. The minimum atomic E-state index is 1.04. The highest BCUT2D eigenvalue weighted by atomic mass is 15.5. The molecule has 74 valence electrons. The van der Waals surface area contributed by atoms with Crippen molar-refractivity contribution in [2.75, 3.05) is 19.6 Å². The van der Waals surface area contributed by atoms with E-state index in [9.17, 15) is 0 Å². The first-order valence-electron chi connectivity index (χ1n) is 5.33. The summed E-state index contributed by atoms with van der Waals surface area (Å²) in [4.78, 5) is 0. The summed E-state index contributed by atoms with van der Waals surface area (Å²) in [5.41, 5.74) is 3.34. The molecule has 0 amide bonds. The first-order chi connectivity index (χ1) is 5.85. The molecular formula is C10H24N2. The average Bonchev–Trinajstić information content (AvgIpc) is 2.10. The molecule has 0 aromatic heterocycles. The van der Waals surface area contributed by atoms with E-state index in [1.807, 2.05) is 0 Å². The van der Waals surface area contributed by atoms with Crippen LogP contribution in [0.2, 0.25) is 0 Å². The van der Waals surface area contributed by atoms with E-state index in [0.29, 0.717) is 0 Å². The van der Waals surface area contributed by atoms with E-state index in [-0.39, 0.29) is 0 Å². The van der Waals surface area contributed by atoms with Gasteiger partial charge in [-0.3, -0.25) is 5.43 Å². The topological polar surface area (TPSA) is 15.3 Å². The smallest absolute Gasteiger partial charge is 0.0130 e. The molecule has 0 aromatic rings. The van der Waals surface area contributed by atoms with Crippen LogP contribution in [0.3, 0.4) is 0 Å². The summed E-state index contributed by atoms with van der Waals surface area (Å²) in [6.45, 7) is 9.95. The van der Waals surface area contributed by atoms with Crippen molar-refractivity contribution in [1.29, 1.82) is 0 Å². The van der Waals surface area contributed by atoms with E-state index in [2.05, 4.69) is 31.2 Å². The van der Waals surface area contributed by atoms with Gasteiger partial charge in [0.1, 0.15) is 0 Å². The Bertz CT molecular complexity index is 83.9. The second kappa shape index (κ2) is 9.01. The molecule has 0 saturated carbocycles. The monoisotopic (exact) mass is 172 g/mol. The van der Waals surface area contributed by atoms with Gasteiger partial charge >= 0.3 is 0 Å². The Balaban J connectivity index is 3.19. The summed E-state index contributed by atoms with van der Waals surface area (Å²) < 4.78 is 0. The van der Waals surface area contributed by atoms with Gasteiger partial charge in [0.2, 0.25) is 0 Å². The fraction of sp³-hybridized carbons (Fsp3) is 1.00. The molecule has 2 nitrogen and oxygen atoms in total. The molecule has 0 atom stereocenters. The summed E-state index contributed by atoms with van der Waals surface area (Å²) in [6.07, 6.45) is 5.41. The highest BCUT2D eigenvalue weighted by molar-refractivity contribution is 4.49. The molecule has 0 unspecified atom stereocenters. The van der Waals surface area contributed by atoms with Crippen molar-refractivity contribution in [1.82, 2.24) is 10.4 Å². The lowest BCUT2D eigenvalue weighted by Crippen LogP contribution is -2.38. The summed E-state index contributed by atoms with van der Waals surface area (Å²) in [5.74, 6) is 0. The quantitative estimate of drug-likeness (QED) is 0.447. The molecule has 0 aliphatic rings. The molecule has 0 fully saturated rings. The van der Waals surface area contributed by atoms with Gasteiger partial charge in [0.05, 0.1) is 0 Å². The summed E-state index contributed by atoms with van der Waals surface area (Å²) in [7, 11) is 0. The Morgan fingerprint density at radius 2 is 1.75 bits per heavy atom. The van der Waals surface area contributed by atoms with Gasteiger partial charge in [0.25, 0.3) is 0 Å². The average molecular weight is 172 g/mol. The van der Waals surface area contributed by atoms with Crippen molar-refractivity contribution in [2.45, 2.75) is 46.5 Å². The van der Waals surface area contributed by atoms with Crippen LogP contribution in [0.5, 0.6) is 0 Å². The van der Waals surface area contributed by atoms with Crippen LogP contribution < -0.4 is 5.43 Å². The Morgan fingerprint density at radius 1 is 1.00 bits per heavy atom. The van der Waals surface area contributed by atoms with Gasteiger partial charge in [-0.05, 0) is 6.42 Å². The molecule has 0 aromatic carbocycles. The maximum absolute atomic E-state index is 3.34. The van der Waals surface area contributed by atoms with E-state index in [1.54, 1.807) is 0 Å². The van der Waals surface area contributed by atoms with E-state index in [0.717, 1.165) is 13.1 Å². The molecule has 0 spiro atoms. The predicted octanol–water partition coefficient (Wildman–Crippen LogP) is 2.41. The van der Waals surface area contributed by atoms with E-state index in [4.69, 9.17) is 0 Å². The van der Waals surface area contributed by atoms with Gasteiger partial charge in [-0.25, -0.2) is 5.01 Å². The highest BCUT2D eigenvalue weighted by Crippen LogP contribution is 1.99. The lowest BCUT2D eigenvalue weighted by Gasteiger charge is -2.20. The van der Waals surface area contributed by atoms with Crippen LogP contribution in [0.15, 0.2) is 0 Å². The second-order valence-electron chi connectivity index (χ2n) is 3.15. The Morgan fingerprint density at radius 3 is 2.25 bits per heavy atom. The second-order valence-corrected chi connectivity index (χ2v) is 3.15. The lowest BCUT2D eigenvalue weighted by molar-refractivity contribution is 0.198. The molecule has 12 heavy (non-hydrogen) atoms. The molecule has 0 saturated heterocycles. The van der Waals surface area contributed by atoms with Crippen LogP contribution in [0.4, 0.5) is 0 Å².